The molecule has 0 amide bonds. The summed E-state index contributed by atoms with van der Waals surface area (Å²) in [6, 6.07) is 1.60. The Balaban J connectivity index is 3.10. The summed E-state index contributed by atoms with van der Waals surface area (Å²) >= 11 is 5.26. The maximum absolute atomic E-state index is 12.9. The van der Waals surface area contributed by atoms with Crippen molar-refractivity contribution in [2.75, 3.05) is 0 Å². The van der Waals surface area contributed by atoms with Gasteiger partial charge in [0, 0.05) is 5.56 Å². The van der Waals surface area contributed by atoms with Crippen molar-refractivity contribution in [3.63, 3.8) is 0 Å². The zero-order valence-electron chi connectivity index (χ0n) is 6.74. The number of alkyl halides is 3. The molecule has 1 aromatic rings. The van der Waals surface area contributed by atoms with Gasteiger partial charge < -0.3 is 4.74 Å². The van der Waals surface area contributed by atoms with Crippen LogP contribution in [0.3, 0.4) is 0 Å². The number of hydrogen-bond donors (Lipinski definition) is 0. The highest BCUT2D eigenvalue weighted by Gasteiger charge is 2.16. The molecule has 0 aromatic heterocycles. The van der Waals surface area contributed by atoms with Gasteiger partial charge in [-0.25, -0.2) is 8.78 Å². The van der Waals surface area contributed by atoms with Crippen molar-refractivity contribution in [3.8, 4) is 5.75 Å². The third kappa shape index (κ3) is 2.29. The molecule has 0 aliphatic rings. The minimum absolute atomic E-state index is 0.410. The summed E-state index contributed by atoms with van der Waals surface area (Å²) in [6.07, 6.45) is 0. The molecule has 0 heterocycles. The lowest BCUT2D eigenvalue weighted by molar-refractivity contribution is -0.0505. The van der Waals surface area contributed by atoms with Gasteiger partial charge in [0.15, 0.2) is 11.6 Å². The zero-order chi connectivity index (χ0) is 10.7. The van der Waals surface area contributed by atoms with Gasteiger partial charge in [-0.05, 0) is 12.1 Å². The Bertz CT molecular complexity index is 329. The highest BCUT2D eigenvalue weighted by Crippen LogP contribution is 2.26. The van der Waals surface area contributed by atoms with Crippen LogP contribution >= 0.6 is 11.6 Å². The minimum Gasteiger partial charge on any atom is -0.434 e. The molecule has 0 aliphatic carbocycles. The second kappa shape index (κ2) is 4.50. The molecule has 1 aromatic carbocycles. The standard InChI is InChI=1S/C8H5ClF4O/c9-3-4-6(14-8(12)13)2-1-5(10)7(4)11/h1-2,8H,3H2. The van der Waals surface area contributed by atoms with Crippen molar-refractivity contribution in [2.45, 2.75) is 12.5 Å². The minimum atomic E-state index is -3.10. The number of halogens is 5. The van der Waals surface area contributed by atoms with E-state index in [1.165, 1.54) is 0 Å². The van der Waals surface area contributed by atoms with E-state index in [-0.39, 0.29) is 0 Å². The van der Waals surface area contributed by atoms with Crippen molar-refractivity contribution in [3.05, 3.63) is 29.3 Å². The normalized spacial score (nSPS) is 10.7. The molecular weight excluding hydrogens is 224 g/mol. The Kier molecular flexibility index (Phi) is 3.57. The van der Waals surface area contributed by atoms with Crippen LogP contribution in [0, 0.1) is 11.6 Å². The topological polar surface area (TPSA) is 9.23 Å². The van der Waals surface area contributed by atoms with E-state index in [1.807, 2.05) is 0 Å². The van der Waals surface area contributed by atoms with Crippen LogP contribution in [0.4, 0.5) is 17.6 Å². The van der Waals surface area contributed by atoms with Gasteiger partial charge in [0.05, 0.1) is 5.88 Å². The maximum atomic E-state index is 12.9. The lowest BCUT2D eigenvalue weighted by Crippen LogP contribution is -2.06. The first-order chi connectivity index (χ1) is 6.56. The summed E-state index contributed by atoms with van der Waals surface area (Å²) in [5, 5.41) is 0. The molecule has 0 bridgehead atoms. The van der Waals surface area contributed by atoms with Gasteiger partial charge in [-0.2, -0.15) is 8.78 Å². The van der Waals surface area contributed by atoms with Gasteiger partial charge in [0.1, 0.15) is 5.75 Å². The van der Waals surface area contributed by atoms with Crippen LogP contribution in [0.2, 0.25) is 0 Å². The van der Waals surface area contributed by atoms with Gasteiger partial charge >= 0.3 is 6.61 Å². The maximum Gasteiger partial charge on any atom is 0.387 e. The molecule has 1 nitrogen and oxygen atoms in total. The summed E-state index contributed by atoms with van der Waals surface area (Å²) < 4.78 is 53.1. The molecule has 0 radical (unpaired) electrons. The van der Waals surface area contributed by atoms with Crippen molar-refractivity contribution in [2.24, 2.45) is 0 Å². The number of ether oxygens (including phenoxy) is 1. The summed E-state index contributed by atoms with van der Waals surface area (Å²) in [5.74, 6) is -3.31. The summed E-state index contributed by atoms with van der Waals surface area (Å²) in [5.41, 5.74) is -0.410. The molecule has 0 spiro atoms. The average molecular weight is 229 g/mol. The van der Waals surface area contributed by atoms with E-state index < -0.39 is 35.4 Å². The molecule has 6 heteroatoms. The third-order valence-corrected chi connectivity index (χ3v) is 1.77. The van der Waals surface area contributed by atoms with E-state index in [0.717, 1.165) is 6.07 Å². The van der Waals surface area contributed by atoms with Crippen LogP contribution in [-0.2, 0) is 5.88 Å². The van der Waals surface area contributed by atoms with E-state index in [0.29, 0.717) is 6.07 Å². The van der Waals surface area contributed by atoms with Crippen molar-refractivity contribution in [1.82, 2.24) is 0 Å². The molecule has 0 N–H and O–H groups in total. The van der Waals surface area contributed by atoms with E-state index in [9.17, 15) is 17.6 Å². The summed E-state index contributed by atoms with van der Waals surface area (Å²) in [6.45, 7) is -3.10. The lowest BCUT2D eigenvalue weighted by Gasteiger charge is -2.09. The summed E-state index contributed by atoms with van der Waals surface area (Å²) in [7, 11) is 0. The number of benzene rings is 1. The molecular formula is C8H5ClF4O. The molecule has 0 saturated heterocycles. The Morgan fingerprint density at radius 1 is 1.29 bits per heavy atom. The highest BCUT2D eigenvalue weighted by atomic mass is 35.5. The van der Waals surface area contributed by atoms with Gasteiger partial charge in [-0.1, -0.05) is 0 Å². The predicted octanol–water partition coefficient (Wildman–Crippen LogP) is 3.31. The van der Waals surface area contributed by atoms with Gasteiger partial charge in [0.2, 0.25) is 0 Å². The van der Waals surface area contributed by atoms with E-state index in [2.05, 4.69) is 4.74 Å². The fraction of sp³-hybridized carbons (Fsp3) is 0.250. The fourth-order valence-corrected chi connectivity index (χ4v) is 1.15. The Morgan fingerprint density at radius 3 is 2.43 bits per heavy atom. The number of hydrogen-bond acceptors (Lipinski definition) is 1. The molecule has 14 heavy (non-hydrogen) atoms. The van der Waals surface area contributed by atoms with Crippen LogP contribution in [0.5, 0.6) is 5.75 Å². The second-order valence-electron chi connectivity index (χ2n) is 2.35. The first-order valence-corrected chi connectivity index (χ1v) is 4.07. The van der Waals surface area contributed by atoms with E-state index >= 15 is 0 Å². The van der Waals surface area contributed by atoms with Crippen LogP contribution in [-0.4, -0.2) is 6.61 Å². The lowest BCUT2D eigenvalue weighted by atomic mass is 10.2. The first kappa shape index (κ1) is 11.1. The van der Waals surface area contributed by atoms with Gasteiger partial charge in [-0.15, -0.1) is 11.6 Å². The van der Waals surface area contributed by atoms with Crippen LogP contribution in [0.25, 0.3) is 0 Å². The Hall–Kier alpha value is -0.970. The Morgan fingerprint density at radius 2 is 1.93 bits per heavy atom. The van der Waals surface area contributed by atoms with E-state index in [1.54, 1.807) is 0 Å². The average Bonchev–Trinajstić information content (AvgIpc) is 2.11. The molecule has 0 aliphatic heterocycles. The predicted molar refractivity (Wildman–Crippen MR) is 42.5 cm³/mol. The molecule has 0 fully saturated rings. The number of rotatable bonds is 3. The largest absolute Gasteiger partial charge is 0.434 e. The van der Waals surface area contributed by atoms with Crippen LogP contribution in [0.1, 0.15) is 5.56 Å². The molecule has 0 unspecified atom stereocenters. The van der Waals surface area contributed by atoms with Crippen molar-refractivity contribution >= 4 is 11.6 Å². The van der Waals surface area contributed by atoms with Crippen molar-refractivity contribution in [1.29, 1.82) is 0 Å². The molecule has 78 valence electrons. The molecule has 0 atom stereocenters. The smallest absolute Gasteiger partial charge is 0.387 e. The summed E-state index contributed by atoms with van der Waals surface area (Å²) in [4.78, 5) is 0. The first-order valence-electron chi connectivity index (χ1n) is 3.54. The van der Waals surface area contributed by atoms with Gasteiger partial charge in [0.25, 0.3) is 0 Å². The monoisotopic (exact) mass is 228 g/mol. The van der Waals surface area contributed by atoms with E-state index in [4.69, 9.17) is 11.6 Å². The highest BCUT2D eigenvalue weighted by molar-refractivity contribution is 6.17. The van der Waals surface area contributed by atoms with Crippen LogP contribution < -0.4 is 4.74 Å². The quantitative estimate of drug-likeness (QED) is 0.570. The fourth-order valence-electron chi connectivity index (χ4n) is 0.906. The molecule has 0 saturated carbocycles. The van der Waals surface area contributed by atoms with Gasteiger partial charge in [-0.3, -0.25) is 0 Å². The SMILES string of the molecule is Fc1ccc(OC(F)F)c(CCl)c1F. The molecule has 1 rings (SSSR count). The zero-order valence-corrected chi connectivity index (χ0v) is 7.49. The third-order valence-electron chi connectivity index (χ3n) is 1.50. The Labute approximate surface area is 82.2 Å². The second-order valence-corrected chi connectivity index (χ2v) is 2.62. The van der Waals surface area contributed by atoms with Crippen LogP contribution in [0.15, 0.2) is 12.1 Å². The van der Waals surface area contributed by atoms with Crippen molar-refractivity contribution < 1.29 is 22.3 Å².